The van der Waals surface area contributed by atoms with Gasteiger partial charge in [0.05, 0.1) is 0 Å². The molecule has 1 unspecified atom stereocenters. The van der Waals surface area contributed by atoms with E-state index in [1.807, 2.05) is 13.8 Å². The Morgan fingerprint density at radius 1 is 1.38 bits per heavy atom. The van der Waals surface area contributed by atoms with Gasteiger partial charge in [-0.2, -0.15) is 0 Å². The van der Waals surface area contributed by atoms with E-state index in [2.05, 4.69) is 0 Å². The maximum absolute atomic E-state index is 6.83. The van der Waals surface area contributed by atoms with Crippen molar-refractivity contribution in [2.75, 3.05) is 0 Å². The van der Waals surface area contributed by atoms with Crippen LogP contribution in [-0.4, -0.2) is 6.04 Å². The van der Waals surface area contributed by atoms with Gasteiger partial charge in [0, 0.05) is 21.7 Å². The van der Waals surface area contributed by atoms with Crippen LogP contribution >= 0.6 is 24.8 Å². The van der Waals surface area contributed by atoms with Crippen molar-refractivity contribution >= 4 is 24.8 Å². The molecule has 0 bridgehead atoms. The van der Waals surface area contributed by atoms with Crippen molar-refractivity contribution < 1.29 is 21.7 Å². The molecular formula is C4H12Cl2NTi-. The zero-order chi connectivity index (χ0) is 4.28. The van der Waals surface area contributed by atoms with Crippen molar-refractivity contribution in [2.45, 2.75) is 26.3 Å². The molecule has 0 fully saturated rings. The SMILES string of the molecule is CCC(C)[NH-].Cl.Cl.[Ti]. The summed E-state index contributed by atoms with van der Waals surface area (Å²) >= 11 is 0. The van der Waals surface area contributed by atoms with Crippen molar-refractivity contribution in [2.24, 2.45) is 0 Å². The monoisotopic (exact) mass is 192 g/mol. The van der Waals surface area contributed by atoms with E-state index in [-0.39, 0.29) is 52.6 Å². The van der Waals surface area contributed by atoms with Gasteiger partial charge in [-0.3, -0.25) is 0 Å². The average Bonchev–Trinajstić information content (AvgIpc) is 1.38. The van der Waals surface area contributed by atoms with Crippen LogP contribution in [0.5, 0.6) is 0 Å². The van der Waals surface area contributed by atoms with Gasteiger partial charge < -0.3 is 5.73 Å². The summed E-state index contributed by atoms with van der Waals surface area (Å²) in [5.74, 6) is 0. The minimum absolute atomic E-state index is 0. The van der Waals surface area contributed by atoms with E-state index in [0.717, 1.165) is 6.42 Å². The fraction of sp³-hybridized carbons (Fsp3) is 1.00. The van der Waals surface area contributed by atoms with Gasteiger partial charge in [0.15, 0.2) is 0 Å². The van der Waals surface area contributed by atoms with Crippen LogP contribution in [0.25, 0.3) is 5.73 Å². The molecule has 1 atom stereocenters. The predicted molar refractivity (Wildman–Crippen MR) is 38.6 cm³/mol. The van der Waals surface area contributed by atoms with Crippen LogP contribution in [0.15, 0.2) is 0 Å². The number of hydrogen-bond acceptors (Lipinski definition) is 0. The van der Waals surface area contributed by atoms with Crippen LogP contribution in [0, 0.1) is 0 Å². The minimum Gasteiger partial charge on any atom is -0.675 e. The van der Waals surface area contributed by atoms with Crippen LogP contribution in [0.1, 0.15) is 20.3 Å². The molecule has 1 nitrogen and oxygen atoms in total. The summed E-state index contributed by atoms with van der Waals surface area (Å²) < 4.78 is 0. The van der Waals surface area contributed by atoms with Crippen molar-refractivity contribution in [1.29, 1.82) is 0 Å². The largest absolute Gasteiger partial charge is 0.675 e. The first-order chi connectivity index (χ1) is 2.27. The van der Waals surface area contributed by atoms with Gasteiger partial charge in [0.1, 0.15) is 0 Å². The summed E-state index contributed by atoms with van der Waals surface area (Å²) in [7, 11) is 0. The molecule has 0 spiro atoms. The van der Waals surface area contributed by atoms with Gasteiger partial charge >= 0.3 is 0 Å². The van der Waals surface area contributed by atoms with Gasteiger partial charge in [-0.25, -0.2) is 0 Å². The molecule has 1 N–H and O–H groups in total. The molecule has 4 heteroatoms. The van der Waals surface area contributed by atoms with Gasteiger partial charge in [-0.1, -0.05) is 20.3 Å². The molecule has 0 amide bonds. The van der Waals surface area contributed by atoms with Crippen molar-refractivity contribution in [1.82, 2.24) is 0 Å². The Morgan fingerprint density at radius 2 is 1.50 bits per heavy atom. The Bertz CT molecular complexity index is 28.0. The van der Waals surface area contributed by atoms with E-state index >= 15 is 0 Å². The Balaban J connectivity index is -0.0000000267. The second-order valence-corrected chi connectivity index (χ2v) is 1.31. The molecule has 0 aromatic rings. The number of hydrogen-bond donors (Lipinski definition) is 0. The maximum Gasteiger partial charge on any atom is 0 e. The molecule has 52 valence electrons. The summed E-state index contributed by atoms with van der Waals surface area (Å²) in [6.07, 6.45) is 0.972. The molecule has 8 heavy (non-hydrogen) atoms. The van der Waals surface area contributed by atoms with Crippen LogP contribution in [0.4, 0.5) is 0 Å². The third-order valence-corrected chi connectivity index (χ3v) is 0.612. The van der Waals surface area contributed by atoms with E-state index in [1.54, 1.807) is 0 Å². The summed E-state index contributed by atoms with van der Waals surface area (Å²) in [6.45, 7) is 3.90. The zero-order valence-electron chi connectivity index (χ0n) is 5.10. The van der Waals surface area contributed by atoms with Crippen LogP contribution in [0.2, 0.25) is 0 Å². The van der Waals surface area contributed by atoms with Crippen molar-refractivity contribution in [3.05, 3.63) is 5.73 Å². The van der Waals surface area contributed by atoms with E-state index in [4.69, 9.17) is 5.73 Å². The normalized spacial score (nSPS) is 9.38. The van der Waals surface area contributed by atoms with E-state index in [1.165, 1.54) is 0 Å². The fourth-order valence-electron chi connectivity index (χ4n) is 0. The molecule has 0 radical (unpaired) electrons. The second-order valence-electron chi connectivity index (χ2n) is 1.31. The zero-order valence-corrected chi connectivity index (χ0v) is 8.30. The van der Waals surface area contributed by atoms with Gasteiger partial charge in [0.25, 0.3) is 0 Å². The second kappa shape index (κ2) is 15.7. The first kappa shape index (κ1) is 22.8. The smallest absolute Gasteiger partial charge is 0 e. The Kier molecular flexibility index (Phi) is 44.9. The number of rotatable bonds is 1. The molecular weight excluding hydrogens is 181 g/mol. The van der Waals surface area contributed by atoms with E-state index < -0.39 is 0 Å². The molecule has 0 aliphatic carbocycles. The predicted octanol–water partition coefficient (Wildman–Crippen LogP) is 2.68. The van der Waals surface area contributed by atoms with Crippen LogP contribution < -0.4 is 0 Å². The van der Waals surface area contributed by atoms with Crippen LogP contribution in [-0.2, 0) is 21.7 Å². The standard InChI is InChI=1S/C4H10N.2ClH.Ti/c1-3-4(2)5;;;/h4-5H,3H2,1-2H3;2*1H;/q-1;;;. The molecule has 0 rings (SSSR count). The van der Waals surface area contributed by atoms with E-state index in [0.29, 0.717) is 0 Å². The fourth-order valence-corrected chi connectivity index (χ4v) is 0. The van der Waals surface area contributed by atoms with Crippen molar-refractivity contribution in [3.63, 3.8) is 0 Å². The van der Waals surface area contributed by atoms with Crippen molar-refractivity contribution in [3.8, 4) is 0 Å². The molecule has 0 aliphatic rings. The van der Waals surface area contributed by atoms with Crippen LogP contribution in [0.3, 0.4) is 0 Å². The molecule has 0 aliphatic heterocycles. The Morgan fingerprint density at radius 3 is 1.50 bits per heavy atom. The first-order valence-corrected chi connectivity index (χ1v) is 1.98. The summed E-state index contributed by atoms with van der Waals surface area (Å²) in [4.78, 5) is 0. The molecule has 0 aromatic heterocycles. The first-order valence-electron chi connectivity index (χ1n) is 1.98. The molecule has 0 aromatic carbocycles. The third-order valence-electron chi connectivity index (χ3n) is 0.612. The third kappa shape index (κ3) is 26.8. The van der Waals surface area contributed by atoms with Gasteiger partial charge in [-0.05, 0) is 0 Å². The molecule has 0 saturated carbocycles. The Labute approximate surface area is 78.5 Å². The summed E-state index contributed by atoms with van der Waals surface area (Å²) in [5.41, 5.74) is 6.83. The topological polar surface area (TPSA) is 23.8 Å². The van der Waals surface area contributed by atoms with E-state index in [9.17, 15) is 0 Å². The Hall–Kier alpha value is 1.25. The quantitative estimate of drug-likeness (QED) is 0.571. The van der Waals surface area contributed by atoms with Gasteiger partial charge in [-0.15, -0.1) is 30.9 Å². The number of halogens is 2. The number of nitrogens with one attached hydrogen (secondary N) is 1. The minimum atomic E-state index is 0. The van der Waals surface area contributed by atoms with Gasteiger partial charge in [0.2, 0.25) is 0 Å². The summed E-state index contributed by atoms with van der Waals surface area (Å²) in [6, 6.07) is 0.134. The summed E-state index contributed by atoms with van der Waals surface area (Å²) in [5, 5.41) is 0. The molecule has 0 saturated heterocycles. The average molecular weight is 193 g/mol. The molecule has 0 heterocycles. The maximum atomic E-state index is 6.83.